The minimum absolute atomic E-state index is 0.00331. The van der Waals surface area contributed by atoms with Crippen molar-refractivity contribution < 1.29 is 9.47 Å². The zero-order valence-corrected chi connectivity index (χ0v) is 25.2. The average Bonchev–Trinajstić information content (AvgIpc) is 3.49. The van der Waals surface area contributed by atoms with Crippen LogP contribution < -0.4 is 5.56 Å². The van der Waals surface area contributed by atoms with Crippen molar-refractivity contribution in [3.63, 3.8) is 0 Å². The molecule has 7 rings (SSSR count). The predicted octanol–water partition coefficient (Wildman–Crippen LogP) is 6.71. The lowest BCUT2D eigenvalue weighted by Crippen LogP contribution is -2.40. The smallest absolute Gasteiger partial charge is 0.258 e. The summed E-state index contributed by atoms with van der Waals surface area (Å²) in [7, 11) is 0. The number of hydrogen-bond donors (Lipinski definition) is 0. The molecule has 3 aliphatic rings. The molecule has 0 aliphatic carbocycles. The molecule has 0 N–H and O–H groups in total. The summed E-state index contributed by atoms with van der Waals surface area (Å²) in [5.74, 6) is 0.824. The van der Waals surface area contributed by atoms with Gasteiger partial charge in [-0.15, -0.1) is 0 Å². The van der Waals surface area contributed by atoms with Crippen LogP contribution in [0.5, 0.6) is 0 Å². The second kappa shape index (κ2) is 9.92. The highest BCUT2D eigenvalue weighted by Gasteiger charge is 2.52. The molecule has 216 valence electrons. The van der Waals surface area contributed by atoms with Crippen LogP contribution in [0.1, 0.15) is 68.9 Å². The van der Waals surface area contributed by atoms with Gasteiger partial charge in [-0.05, 0) is 69.9 Å². The lowest BCUT2D eigenvalue weighted by atomic mass is 9.84. The maximum absolute atomic E-state index is 14.1. The molecule has 0 saturated carbocycles. The number of ether oxygens (including phenoxy) is 2. The summed E-state index contributed by atoms with van der Waals surface area (Å²) in [6.07, 6.45) is 3.64. The van der Waals surface area contributed by atoms with Gasteiger partial charge in [-0.25, -0.2) is 4.98 Å². The van der Waals surface area contributed by atoms with Crippen molar-refractivity contribution in [3.8, 4) is 11.4 Å². The minimum Gasteiger partial charge on any atom is -0.490 e. The van der Waals surface area contributed by atoms with Crippen LogP contribution in [-0.4, -0.2) is 32.6 Å². The van der Waals surface area contributed by atoms with Gasteiger partial charge < -0.3 is 14.0 Å². The average molecular weight is 562 g/mol. The van der Waals surface area contributed by atoms with Crippen LogP contribution in [-0.2, 0) is 41.2 Å². The third kappa shape index (κ3) is 4.23. The molecule has 6 heteroatoms. The molecule has 0 saturated heterocycles. The van der Waals surface area contributed by atoms with Crippen molar-refractivity contribution in [3.05, 3.63) is 111 Å². The molecule has 0 amide bonds. The van der Waals surface area contributed by atoms with Gasteiger partial charge in [0.2, 0.25) is 0 Å². The Morgan fingerprint density at radius 1 is 1.05 bits per heavy atom. The summed E-state index contributed by atoms with van der Waals surface area (Å²) >= 11 is 0. The fourth-order valence-corrected chi connectivity index (χ4v) is 7.17. The Bertz CT molecular complexity index is 1790. The molecular weight excluding hydrogens is 522 g/mol. The zero-order valence-electron chi connectivity index (χ0n) is 25.2. The standard InChI is InChI=1S/C36H39N3O3/c1-6-36-29-18-31-33-27(21-39(31)34(40)28(29)22-41-32(36)19-35(4,5)42-36)25(26-14-10-11-15-30(26)37-33)16-17-38(23(2)3)20-24-12-8-7-9-13-24/h7-15,18-19,23H,6,16-17,20-22H2,1-5H3/t36-/m0/s1. The van der Waals surface area contributed by atoms with E-state index in [4.69, 9.17) is 14.5 Å². The summed E-state index contributed by atoms with van der Waals surface area (Å²) in [4.78, 5) is 21.8. The van der Waals surface area contributed by atoms with Gasteiger partial charge in [0.15, 0.2) is 5.60 Å². The van der Waals surface area contributed by atoms with Gasteiger partial charge in [0.1, 0.15) is 12.4 Å². The van der Waals surface area contributed by atoms with E-state index < -0.39 is 11.2 Å². The fraction of sp³-hybridized carbons (Fsp3) is 0.389. The Hall–Kier alpha value is -3.74. The van der Waals surface area contributed by atoms with Crippen LogP contribution in [0.4, 0.5) is 0 Å². The van der Waals surface area contributed by atoms with Crippen LogP contribution in [0.3, 0.4) is 0 Å². The maximum Gasteiger partial charge on any atom is 0.258 e. The molecule has 0 fully saturated rings. The number of pyridine rings is 2. The van der Waals surface area contributed by atoms with Gasteiger partial charge in [0, 0.05) is 35.6 Å². The van der Waals surface area contributed by atoms with E-state index in [1.807, 2.05) is 24.5 Å². The third-order valence-electron chi connectivity index (χ3n) is 9.30. The molecule has 2 aromatic heterocycles. The first-order chi connectivity index (χ1) is 20.2. The second-order valence-corrected chi connectivity index (χ2v) is 12.7. The second-order valence-electron chi connectivity index (χ2n) is 12.7. The van der Waals surface area contributed by atoms with Crippen molar-refractivity contribution in [1.82, 2.24) is 14.5 Å². The summed E-state index contributed by atoms with van der Waals surface area (Å²) in [5.41, 5.74) is 6.95. The number of para-hydroxylation sites is 1. The number of aromatic nitrogens is 2. The molecule has 6 nitrogen and oxygen atoms in total. The Labute approximate surface area is 247 Å². The summed E-state index contributed by atoms with van der Waals surface area (Å²) in [6.45, 7) is 13.3. The van der Waals surface area contributed by atoms with E-state index in [2.05, 4.69) is 86.3 Å². The van der Waals surface area contributed by atoms with Crippen LogP contribution in [0, 0.1) is 0 Å². The van der Waals surface area contributed by atoms with Gasteiger partial charge >= 0.3 is 0 Å². The van der Waals surface area contributed by atoms with Crippen molar-refractivity contribution >= 4 is 10.9 Å². The molecule has 4 aromatic rings. The Morgan fingerprint density at radius 3 is 2.57 bits per heavy atom. The van der Waals surface area contributed by atoms with Gasteiger partial charge in [0.05, 0.1) is 34.6 Å². The highest BCUT2D eigenvalue weighted by molar-refractivity contribution is 5.88. The van der Waals surface area contributed by atoms with Crippen LogP contribution >= 0.6 is 0 Å². The molecule has 42 heavy (non-hydrogen) atoms. The maximum atomic E-state index is 14.1. The highest BCUT2D eigenvalue weighted by Crippen LogP contribution is 2.51. The zero-order chi connectivity index (χ0) is 29.2. The number of rotatable bonds is 7. The molecule has 2 aromatic carbocycles. The highest BCUT2D eigenvalue weighted by atomic mass is 16.6. The van der Waals surface area contributed by atoms with Crippen molar-refractivity contribution in [1.29, 1.82) is 0 Å². The van der Waals surface area contributed by atoms with Gasteiger partial charge in [0.25, 0.3) is 5.56 Å². The third-order valence-corrected chi connectivity index (χ3v) is 9.30. The SMILES string of the molecule is CC[C@@]12OC(C)(C)C=C1OCc1c2cc2n(c1=O)Cc1c-2nc2ccccc2c1CCN(Cc1ccccc1)C(C)C. The lowest BCUT2D eigenvalue weighted by Gasteiger charge is -2.38. The van der Waals surface area contributed by atoms with Gasteiger partial charge in [-0.1, -0.05) is 55.5 Å². The normalized spacial score (nSPS) is 19.8. The molecule has 0 bridgehead atoms. The first-order valence-corrected chi connectivity index (χ1v) is 15.2. The van der Waals surface area contributed by atoms with Crippen molar-refractivity contribution in [2.24, 2.45) is 0 Å². The van der Waals surface area contributed by atoms with E-state index in [9.17, 15) is 4.79 Å². The summed E-state index contributed by atoms with van der Waals surface area (Å²) in [6, 6.07) is 21.7. The molecule has 3 aliphatic heterocycles. The van der Waals surface area contributed by atoms with E-state index in [1.54, 1.807) is 0 Å². The lowest BCUT2D eigenvalue weighted by molar-refractivity contribution is -0.109. The molecule has 5 heterocycles. The van der Waals surface area contributed by atoms with E-state index in [0.717, 1.165) is 53.3 Å². The van der Waals surface area contributed by atoms with E-state index in [-0.39, 0.29) is 12.2 Å². The van der Waals surface area contributed by atoms with Crippen LogP contribution in [0.2, 0.25) is 0 Å². The fourth-order valence-electron chi connectivity index (χ4n) is 7.17. The predicted molar refractivity (Wildman–Crippen MR) is 166 cm³/mol. The number of fused-ring (bicyclic) bond motifs is 7. The van der Waals surface area contributed by atoms with Gasteiger partial charge in [-0.3, -0.25) is 9.69 Å². The monoisotopic (exact) mass is 561 g/mol. The molecule has 0 spiro atoms. The molecular formula is C36H39N3O3. The Morgan fingerprint density at radius 2 is 1.81 bits per heavy atom. The Kier molecular flexibility index (Phi) is 6.41. The van der Waals surface area contributed by atoms with E-state index >= 15 is 0 Å². The summed E-state index contributed by atoms with van der Waals surface area (Å²) in [5, 5.41) is 1.17. The summed E-state index contributed by atoms with van der Waals surface area (Å²) < 4.78 is 14.8. The van der Waals surface area contributed by atoms with E-state index in [1.165, 1.54) is 16.5 Å². The first kappa shape index (κ1) is 27.1. The van der Waals surface area contributed by atoms with Gasteiger partial charge in [-0.2, -0.15) is 0 Å². The molecule has 0 radical (unpaired) electrons. The van der Waals surface area contributed by atoms with Crippen molar-refractivity contribution in [2.45, 2.75) is 84.4 Å². The molecule has 1 atom stereocenters. The van der Waals surface area contributed by atoms with E-state index in [0.29, 0.717) is 24.6 Å². The quantitative estimate of drug-likeness (QED) is 0.221. The number of hydrogen-bond acceptors (Lipinski definition) is 5. The molecule has 0 unspecified atom stereocenters. The number of benzene rings is 2. The van der Waals surface area contributed by atoms with Crippen molar-refractivity contribution in [2.75, 3.05) is 6.54 Å². The number of nitrogens with zero attached hydrogens (tertiary/aromatic N) is 3. The van der Waals surface area contributed by atoms with Crippen LogP contribution in [0.15, 0.2) is 77.3 Å². The largest absolute Gasteiger partial charge is 0.490 e. The first-order valence-electron chi connectivity index (χ1n) is 15.2. The van der Waals surface area contributed by atoms with Crippen LogP contribution in [0.25, 0.3) is 22.3 Å². The Balaban J connectivity index is 1.33. The minimum atomic E-state index is -0.747. The topological polar surface area (TPSA) is 56.6 Å².